The fraction of sp³-hybridized carbons (Fsp3) is 0.773. The third kappa shape index (κ3) is 12.5. The molecule has 4 unspecified atom stereocenters. The molecule has 0 fully saturated rings. The van der Waals surface area contributed by atoms with Gasteiger partial charge in [-0.3, -0.25) is 19.2 Å². The summed E-state index contributed by atoms with van der Waals surface area (Å²) in [5.41, 5.74) is 16.4. The van der Waals surface area contributed by atoms with Gasteiger partial charge in [0.2, 0.25) is 23.6 Å². The normalized spacial score (nSPS) is 14.7. The highest BCUT2D eigenvalue weighted by atomic mass is 16.4. The number of carboxylic acids is 1. The van der Waals surface area contributed by atoms with Gasteiger partial charge in [-0.2, -0.15) is 0 Å². The minimum absolute atomic E-state index is 0.00648. The van der Waals surface area contributed by atoms with E-state index in [0.717, 1.165) is 6.42 Å². The van der Waals surface area contributed by atoms with Crippen molar-refractivity contribution in [2.75, 3.05) is 6.54 Å². The van der Waals surface area contributed by atoms with Crippen molar-refractivity contribution in [3.05, 3.63) is 0 Å². The maximum absolute atomic E-state index is 13.0. The molecule has 0 aromatic carbocycles. The van der Waals surface area contributed by atoms with E-state index >= 15 is 0 Å². The van der Waals surface area contributed by atoms with Crippen LogP contribution in [0, 0.1) is 11.8 Å². The number of amides is 4. The Morgan fingerprint density at radius 1 is 0.824 bits per heavy atom. The highest BCUT2D eigenvalue weighted by molar-refractivity contribution is 5.94. The number of hydrogen-bond acceptors (Lipinski definition) is 7. The molecule has 0 saturated carbocycles. The van der Waals surface area contributed by atoms with Crippen LogP contribution >= 0.6 is 0 Å². The van der Waals surface area contributed by atoms with E-state index in [9.17, 15) is 29.1 Å². The summed E-state index contributed by atoms with van der Waals surface area (Å²) in [5, 5.41) is 17.0. The van der Waals surface area contributed by atoms with Gasteiger partial charge in [-0.05, 0) is 44.1 Å². The number of carboxylic acid groups (broad SMARTS) is 1. The van der Waals surface area contributed by atoms with Crippen LogP contribution in [0.4, 0.5) is 0 Å². The minimum atomic E-state index is -1.33. The third-order valence-corrected chi connectivity index (χ3v) is 5.19. The van der Waals surface area contributed by atoms with Gasteiger partial charge in [0.1, 0.15) is 18.1 Å². The Balaban J connectivity index is 5.36. The molecule has 10 N–H and O–H groups in total. The molecule has 4 atom stereocenters. The zero-order chi connectivity index (χ0) is 26.4. The van der Waals surface area contributed by atoms with Crippen molar-refractivity contribution in [2.24, 2.45) is 29.0 Å². The van der Waals surface area contributed by atoms with Crippen LogP contribution < -0.4 is 33.2 Å². The van der Waals surface area contributed by atoms with Crippen LogP contribution in [0.3, 0.4) is 0 Å². The lowest BCUT2D eigenvalue weighted by Crippen LogP contribution is -2.58. The first-order valence-electron chi connectivity index (χ1n) is 11.7. The summed E-state index contributed by atoms with van der Waals surface area (Å²) in [6.45, 7) is 7.67. The van der Waals surface area contributed by atoms with Crippen molar-refractivity contribution in [1.82, 2.24) is 16.0 Å². The second-order valence-corrected chi connectivity index (χ2v) is 9.22. The molecule has 0 aliphatic heterocycles. The molecule has 34 heavy (non-hydrogen) atoms. The molecule has 0 spiro atoms. The van der Waals surface area contributed by atoms with Gasteiger partial charge >= 0.3 is 5.97 Å². The molecule has 0 bridgehead atoms. The second kappa shape index (κ2) is 16.0. The lowest BCUT2D eigenvalue weighted by atomic mass is 9.99. The molecule has 0 heterocycles. The molecule has 0 aliphatic carbocycles. The summed E-state index contributed by atoms with van der Waals surface area (Å²) in [5.74, 6) is -4.08. The zero-order valence-electron chi connectivity index (χ0n) is 20.6. The Labute approximate surface area is 201 Å². The number of hydrogen-bond donors (Lipinski definition) is 7. The van der Waals surface area contributed by atoms with Crippen molar-refractivity contribution in [3.63, 3.8) is 0 Å². The van der Waals surface area contributed by atoms with Crippen LogP contribution in [0.5, 0.6) is 0 Å². The van der Waals surface area contributed by atoms with Crippen LogP contribution in [0.25, 0.3) is 0 Å². The van der Waals surface area contributed by atoms with Crippen LogP contribution in [0.2, 0.25) is 0 Å². The number of carbonyl (C=O) groups excluding carboxylic acids is 4. The molecular weight excluding hydrogens is 444 g/mol. The van der Waals surface area contributed by atoms with Gasteiger partial charge in [-0.1, -0.05) is 34.1 Å². The van der Waals surface area contributed by atoms with Crippen LogP contribution in [-0.2, 0) is 24.0 Å². The zero-order valence-corrected chi connectivity index (χ0v) is 20.6. The predicted molar refractivity (Wildman–Crippen MR) is 127 cm³/mol. The van der Waals surface area contributed by atoms with Gasteiger partial charge in [-0.15, -0.1) is 0 Å². The van der Waals surface area contributed by atoms with E-state index in [1.54, 1.807) is 13.8 Å². The first kappa shape index (κ1) is 31.3. The summed E-state index contributed by atoms with van der Waals surface area (Å²) in [6, 6.07) is -4.12. The quantitative estimate of drug-likeness (QED) is 0.125. The van der Waals surface area contributed by atoms with E-state index in [0.29, 0.717) is 19.4 Å². The highest BCUT2D eigenvalue weighted by Crippen LogP contribution is 2.10. The maximum atomic E-state index is 13.0. The Morgan fingerprint density at radius 2 is 1.41 bits per heavy atom. The summed E-state index contributed by atoms with van der Waals surface area (Å²) < 4.78 is 0. The molecule has 0 aromatic rings. The molecular formula is C22H42N6O6. The van der Waals surface area contributed by atoms with Gasteiger partial charge in [0.25, 0.3) is 0 Å². The van der Waals surface area contributed by atoms with E-state index in [1.165, 1.54) is 0 Å². The minimum Gasteiger partial charge on any atom is -0.480 e. The van der Waals surface area contributed by atoms with E-state index < -0.39 is 53.8 Å². The first-order chi connectivity index (χ1) is 15.8. The average Bonchev–Trinajstić information content (AvgIpc) is 2.72. The number of aliphatic carboxylic acids is 1. The molecule has 0 radical (unpaired) electrons. The molecule has 12 nitrogen and oxygen atoms in total. The molecule has 12 heteroatoms. The standard InChI is InChI=1S/C22H42N6O6/c1-12(2)11-16(20(31)26-15(22(33)34)8-9-17(25)29)27-21(32)18(13(3)4)28-19(30)14(24)7-5-6-10-23/h12-16,18H,5-11,23-24H2,1-4H3,(H2,25,29)(H,26,31)(H,27,32)(H,28,30)(H,33,34). The van der Waals surface area contributed by atoms with Crippen LogP contribution in [-0.4, -0.2) is 65.4 Å². The topological polar surface area (TPSA) is 220 Å². The van der Waals surface area contributed by atoms with Gasteiger partial charge in [0.05, 0.1) is 6.04 Å². The monoisotopic (exact) mass is 486 g/mol. The van der Waals surface area contributed by atoms with E-state index in [2.05, 4.69) is 16.0 Å². The van der Waals surface area contributed by atoms with Gasteiger partial charge < -0.3 is 38.3 Å². The smallest absolute Gasteiger partial charge is 0.326 e. The number of nitrogens with one attached hydrogen (secondary N) is 3. The van der Waals surface area contributed by atoms with Gasteiger partial charge in [-0.25, -0.2) is 4.79 Å². The van der Waals surface area contributed by atoms with Gasteiger partial charge in [0, 0.05) is 6.42 Å². The summed E-state index contributed by atoms with van der Waals surface area (Å²) >= 11 is 0. The lowest BCUT2D eigenvalue weighted by Gasteiger charge is -2.27. The number of carbonyl (C=O) groups is 5. The largest absolute Gasteiger partial charge is 0.480 e. The van der Waals surface area contributed by atoms with Crippen molar-refractivity contribution in [2.45, 2.75) is 90.4 Å². The van der Waals surface area contributed by atoms with Crippen molar-refractivity contribution in [3.8, 4) is 0 Å². The molecule has 196 valence electrons. The van der Waals surface area contributed by atoms with E-state index in [4.69, 9.17) is 17.2 Å². The number of nitrogens with two attached hydrogens (primary N) is 3. The maximum Gasteiger partial charge on any atom is 0.326 e. The number of primary amides is 1. The summed E-state index contributed by atoms with van der Waals surface area (Å²) in [6.07, 6.45) is 1.68. The van der Waals surface area contributed by atoms with Crippen molar-refractivity contribution >= 4 is 29.6 Å². The Morgan fingerprint density at radius 3 is 1.88 bits per heavy atom. The van der Waals surface area contributed by atoms with E-state index in [-0.39, 0.29) is 31.1 Å². The molecule has 0 saturated heterocycles. The summed E-state index contributed by atoms with van der Waals surface area (Å²) in [7, 11) is 0. The van der Waals surface area contributed by atoms with E-state index in [1.807, 2.05) is 13.8 Å². The molecule has 4 amide bonds. The first-order valence-corrected chi connectivity index (χ1v) is 11.7. The second-order valence-electron chi connectivity index (χ2n) is 9.22. The highest BCUT2D eigenvalue weighted by Gasteiger charge is 2.32. The number of unbranched alkanes of at least 4 members (excludes halogenated alkanes) is 1. The Kier molecular flexibility index (Phi) is 14.7. The lowest BCUT2D eigenvalue weighted by molar-refractivity contribution is -0.142. The summed E-state index contributed by atoms with van der Waals surface area (Å²) in [4.78, 5) is 60.8. The SMILES string of the molecule is CC(C)CC(NC(=O)C(NC(=O)C(N)CCCCN)C(C)C)C(=O)NC(CCC(N)=O)C(=O)O. The van der Waals surface area contributed by atoms with Gasteiger partial charge in [0.15, 0.2) is 0 Å². The fourth-order valence-electron chi connectivity index (χ4n) is 3.22. The molecule has 0 rings (SSSR count). The van der Waals surface area contributed by atoms with Crippen LogP contribution in [0.15, 0.2) is 0 Å². The molecule has 0 aliphatic rings. The molecule has 0 aromatic heterocycles. The van der Waals surface area contributed by atoms with Crippen molar-refractivity contribution in [1.29, 1.82) is 0 Å². The average molecular weight is 487 g/mol. The fourth-order valence-corrected chi connectivity index (χ4v) is 3.22. The van der Waals surface area contributed by atoms with Crippen LogP contribution in [0.1, 0.15) is 66.2 Å². The predicted octanol–water partition coefficient (Wildman–Crippen LogP) is -1.05. The Hall–Kier alpha value is -2.73. The third-order valence-electron chi connectivity index (χ3n) is 5.19. The van der Waals surface area contributed by atoms with Crippen molar-refractivity contribution < 1.29 is 29.1 Å². The Bertz CT molecular complexity index is 699. The number of rotatable bonds is 17.